The van der Waals surface area contributed by atoms with Crippen LogP contribution in [0.15, 0.2) is 24.3 Å². The van der Waals surface area contributed by atoms with Crippen molar-refractivity contribution in [1.82, 2.24) is 9.78 Å². The zero-order valence-electron chi connectivity index (χ0n) is 9.01. The van der Waals surface area contributed by atoms with Gasteiger partial charge in [0.25, 0.3) is 0 Å². The molecule has 0 saturated heterocycles. The summed E-state index contributed by atoms with van der Waals surface area (Å²) in [5.74, 6) is 0.855. The zero-order valence-corrected chi connectivity index (χ0v) is 9.01. The van der Waals surface area contributed by atoms with E-state index in [4.69, 9.17) is 15.3 Å². The first-order valence-electron chi connectivity index (χ1n) is 4.77. The van der Waals surface area contributed by atoms with Crippen molar-refractivity contribution in [1.29, 1.82) is 10.5 Å². The van der Waals surface area contributed by atoms with Crippen molar-refractivity contribution in [3.63, 3.8) is 0 Å². The van der Waals surface area contributed by atoms with E-state index in [2.05, 4.69) is 11.3 Å². The fraction of sp³-hybridized carbons (Fsp3) is 0.0833. The lowest BCUT2D eigenvalue weighted by molar-refractivity contribution is 0.454. The maximum Gasteiger partial charge on any atom is 0.238 e. The average molecular weight is 223 g/mol. The Balaban J connectivity index is 2.30. The van der Waals surface area contributed by atoms with E-state index in [0.717, 1.165) is 0 Å². The van der Waals surface area contributed by atoms with Crippen molar-refractivity contribution < 1.29 is 4.74 Å². The van der Waals surface area contributed by atoms with Gasteiger partial charge in [0.15, 0.2) is 0 Å². The van der Waals surface area contributed by atoms with Crippen LogP contribution in [-0.2, 0) is 7.05 Å². The third-order valence-electron chi connectivity index (χ3n) is 2.08. The highest BCUT2D eigenvalue weighted by Crippen LogP contribution is 2.21. The molecule has 1 radical (unpaired) electrons. The molecule has 2 rings (SSSR count). The van der Waals surface area contributed by atoms with Gasteiger partial charge >= 0.3 is 0 Å². The van der Waals surface area contributed by atoms with Crippen LogP contribution in [-0.4, -0.2) is 9.78 Å². The molecule has 81 valence electrons. The molecule has 0 aliphatic heterocycles. The molecule has 5 nitrogen and oxygen atoms in total. The molecule has 17 heavy (non-hydrogen) atoms. The van der Waals surface area contributed by atoms with Crippen molar-refractivity contribution in [2.45, 2.75) is 0 Å². The minimum Gasteiger partial charge on any atom is -0.437 e. The number of hydrogen-bond acceptors (Lipinski definition) is 4. The van der Waals surface area contributed by atoms with E-state index in [1.165, 1.54) is 10.7 Å². The number of nitrogens with zero attached hydrogens (tertiary/aromatic N) is 4. The van der Waals surface area contributed by atoms with E-state index in [-0.39, 0.29) is 5.56 Å². The maximum atomic E-state index is 8.86. The molecule has 0 N–H and O–H groups in total. The molecule has 0 amide bonds. The van der Waals surface area contributed by atoms with Gasteiger partial charge in [0.2, 0.25) is 5.88 Å². The largest absolute Gasteiger partial charge is 0.437 e. The lowest BCUT2D eigenvalue weighted by Gasteiger charge is -2.02. The summed E-state index contributed by atoms with van der Waals surface area (Å²) in [7, 11) is 1.73. The predicted octanol–water partition coefficient (Wildman–Crippen LogP) is 1.76. The van der Waals surface area contributed by atoms with Gasteiger partial charge in [-0.05, 0) is 18.2 Å². The Morgan fingerprint density at radius 3 is 2.65 bits per heavy atom. The summed E-state index contributed by atoms with van der Waals surface area (Å²) in [6.45, 7) is 0. The second-order valence-electron chi connectivity index (χ2n) is 3.27. The lowest BCUT2D eigenvalue weighted by Crippen LogP contribution is -1.91. The second-order valence-corrected chi connectivity index (χ2v) is 3.27. The Kier molecular flexibility index (Phi) is 2.76. The van der Waals surface area contributed by atoms with Crippen LogP contribution in [0.5, 0.6) is 11.6 Å². The molecule has 1 aromatic carbocycles. The highest BCUT2D eigenvalue weighted by atomic mass is 16.5. The summed E-state index contributed by atoms with van der Waals surface area (Å²) >= 11 is 0. The molecule has 0 unspecified atom stereocenters. The Morgan fingerprint density at radius 1 is 1.29 bits per heavy atom. The Labute approximate surface area is 98.1 Å². The molecule has 5 heteroatoms. The number of aromatic nitrogens is 2. The second kappa shape index (κ2) is 4.38. The van der Waals surface area contributed by atoms with Gasteiger partial charge in [-0.25, -0.2) is 0 Å². The predicted molar refractivity (Wildman–Crippen MR) is 58.0 cm³/mol. The number of rotatable bonds is 2. The normalized spacial score (nSPS) is 9.35. The van der Waals surface area contributed by atoms with Gasteiger partial charge < -0.3 is 4.74 Å². The highest BCUT2D eigenvalue weighted by molar-refractivity contribution is 5.49. The van der Waals surface area contributed by atoms with Crippen LogP contribution >= 0.6 is 0 Å². The van der Waals surface area contributed by atoms with Crippen LogP contribution in [0.3, 0.4) is 0 Å². The molecular weight excluding hydrogens is 216 g/mol. The monoisotopic (exact) mass is 223 g/mol. The van der Waals surface area contributed by atoms with Crippen LogP contribution in [0.4, 0.5) is 0 Å². The minimum absolute atomic E-state index is 0.282. The first kappa shape index (κ1) is 10.7. The summed E-state index contributed by atoms with van der Waals surface area (Å²) in [5.41, 5.74) is 0.609. The maximum absolute atomic E-state index is 8.86. The summed E-state index contributed by atoms with van der Waals surface area (Å²) in [4.78, 5) is 0. The zero-order chi connectivity index (χ0) is 12.3. The number of ether oxygens (including phenoxy) is 1. The fourth-order valence-corrected chi connectivity index (χ4v) is 1.30. The molecule has 0 aliphatic carbocycles. The third kappa shape index (κ3) is 2.24. The van der Waals surface area contributed by atoms with Crippen LogP contribution < -0.4 is 4.74 Å². The number of aryl methyl sites for hydroxylation is 1. The SMILES string of the molecule is Cn1[c]cc(Oc2ccc(C#N)c(C#N)c2)n1. The van der Waals surface area contributed by atoms with Gasteiger partial charge in [-0.1, -0.05) is 0 Å². The van der Waals surface area contributed by atoms with E-state index in [0.29, 0.717) is 17.2 Å². The van der Waals surface area contributed by atoms with Crippen LogP contribution in [0.25, 0.3) is 0 Å². The van der Waals surface area contributed by atoms with E-state index in [1.54, 1.807) is 25.2 Å². The topological polar surface area (TPSA) is 74.6 Å². The number of benzene rings is 1. The summed E-state index contributed by atoms with van der Waals surface area (Å²) in [6.07, 6.45) is 2.80. The van der Waals surface area contributed by atoms with E-state index < -0.39 is 0 Å². The molecule has 2 aromatic rings. The highest BCUT2D eigenvalue weighted by Gasteiger charge is 2.05. The van der Waals surface area contributed by atoms with Crippen molar-refractivity contribution in [3.05, 3.63) is 41.6 Å². The molecule has 0 bridgehead atoms. The molecular formula is C12H7N4O. The molecule has 0 saturated carbocycles. The van der Waals surface area contributed by atoms with Gasteiger partial charge in [0, 0.05) is 13.1 Å². The van der Waals surface area contributed by atoms with E-state index in [1.807, 2.05) is 12.1 Å². The molecule has 1 heterocycles. The van der Waals surface area contributed by atoms with Crippen LogP contribution in [0, 0.1) is 28.9 Å². The van der Waals surface area contributed by atoms with Crippen molar-refractivity contribution in [2.75, 3.05) is 0 Å². The first-order valence-corrected chi connectivity index (χ1v) is 4.77. The lowest BCUT2D eigenvalue weighted by atomic mass is 10.1. The number of nitriles is 2. The quantitative estimate of drug-likeness (QED) is 0.777. The molecule has 0 aliphatic rings. The Hall–Kier alpha value is -2.79. The van der Waals surface area contributed by atoms with E-state index in [9.17, 15) is 0 Å². The average Bonchev–Trinajstić information content (AvgIpc) is 2.74. The summed E-state index contributed by atoms with van der Waals surface area (Å²) < 4.78 is 6.91. The van der Waals surface area contributed by atoms with Gasteiger partial charge in [0.1, 0.15) is 17.9 Å². The van der Waals surface area contributed by atoms with Crippen LogP contribution in [0.1, 0.15) is 11.1 Å². The summed E-state index contributed by atoms with van der Waals surface area (Å²) in [6, 6.07) is 10.1. The van der Waals surface area contributed by atoms with Gasteiger partial charge in [-0.2, -0.15) is 10.5 Å². The van der Waals surface area contributed by atoms with Gasteiger partial charge in [-0.3, -0.25) is 4.68 Å². The molecule has 1 aromatic heterocycles. The first-order chi connectivity index (χ1) is 8.22. The summed E-state index contributed by atoms with van der Waals surface area (Å²) in [5, 5.41) is 21.6. The minimum atomic E-state index is 0.282. The van der Waals surface area contributed by atoms with Crippen molar-refractivity contribution in [2.24, 2.45) is 7.05 Å². The number of hydrogen-bond donors (Lipinski definition) is 0. The van der Waals surface area contributed by atoms with Gasteiger partial charge in [0.05, 0.1) is 17.3 Å². The fourth-order valence-electron chi connectivity index (χ4n) is 1.30. The Morgan fingerprint density at radius 2 is 2.06 bits per heavy atom. The van der Waals surface area contributed by atoms with Crippen molar-refractivity contribution in [3.8, 4) is 23.8 Å². The smallest absolute Gasteiger partial charge is 0.238 e. The molecule has 0 spiro atoms. The third-order valence-corrected chi connectivity index (χ3v) is 2.08. The standard InChI is InChI=1S/C12H7N4O/c1-16-5-4-12(15-16)17-11-3-2-9(7-13)10(6-11)8-14/h2-4,6H,1H3. The van der Waals surface area contributed by atoms with E-state index >= 15 is 0 Å². The van der Waals surface area contributed by atoms with Crippen molar-refractivity contribution >= 4 is 0 Å². The van der Waals surface area contributed by atoms with Crippen LogP contribution in [0.2, 0.25) is 0 Å². The Bertz CT molecular complexity index is 631. The molecule has 0 fully saturated rings. The molecule has 0 atom stereocenters. The van der Waals surface area contributed by atoms with Gasteiger partial charge in [-0.15, -0.1) is 5.10 Å².